The van der Waals surface area contributed by atoms with Gasteiger partial charge in [0.1, 0.15) is 10.6 Å². The first kappa shape index (κ1) is 14.4. The van der Waals surface area contributed by atoms with Gasteiger partial charge in [-0.2, -0.15) is 4.37 Å². The van der Waals surface area contributed by atoms with Crippen LogP contribution in [0.4, 0.5) is 5.00 Å². The van der Waals surface area contributed by atoms with Crippen molar-refractivity contribution in [2.24, 2.45) is 0 Å². The molecule has 0 radical (unpaired) electrons. The Morgan fingerprint density at radius 2 is 2.30 bits per heavy atom. The van der Waals surface area contributed by atoms with Crippen molar-refractivity contribution >= 4 is 22.5 Å². The maximum absolute atomic E-state index is 12.1. The molecule has 0 aromatic carbocycles. The molecule has 0 aliphatic heterocycles. The van der Waals surface area contributed by atoms with Crippen LogP contribution < -0.4 is 5.32 Å². The number of rotatable bonds is 6. The van der Waals surface area contributed by atoms with Gasteiger partial charge in [-0.05, 0) is 35.3 Å². The van der Waals surface area contributed by atoms with E-state index in [1.165, 1.54) is 11.5 Å². The lowest BCUT2D eigenvalue weighted by Gasteiger charge is -2.06. The van der Waals surface area contributed by atoms with Gasteiger partial charge in [-0.15, -0.1) is 5.10 Å². The van der Waals surface area contributed by atoms with Crippen molar-refractivity contribution in [3.63, 3.8) is 0 Å². The molecule has 2 aromatic heterocycles. The second kappa shape index (κ2) is 6.42. The van der Waals surface area contributed by atoms with Crippen LogP contribution in [-0.2, 0) is 17.9 Å². The summed E-state index contributed by atoms with van der Waals surface area (Å²) in [5.74, 6) is 0.110. The zero-order valence-electron chi connectivity index (χ0n) is 11.6. The summed E-state index contributed by atoms with van der Waals surface area (Å²) in [4.78, 5) is 12.1. The molecule has 20 heavy (non-hydrogen) atoms. The van der Waals surface area contributed by atoms with Gasteiger partial charge in [0, 0.05) is 13.6 Å². The molecule has 0 spiro atoms. The number of carbonyl (C=O) groups is 1. The van der Waals surface area contributed by atoms with E-state index in [0.717, 1.165) is 6.42 Å². The number of nitrogens with one attached hydrogen (secondary N) is 1. The van der Waals surface area contributed by atoms with Gasteiger partial charge in [-0.25, -0.2) is 9.48 Å². The Balaban J connectivity index is 2.05. The summed E-state index contributed by atoms with van der Waals surface area (Å²) in [5.41, 5.74) is 1.12. The van der Waals surface area contributed by atoms with E-state index >= 15 is 0 Å². The number of carbonyl (C=O) groups excluding carboxylic acids is 1. The van der Waals surface area contributed by atoms with Gasteiger partial charge in [0.15, 0.2) is 12.4 Å². The van der Waals surface area contributed by atoms with Gasteiger partial charge in [0.05, 0.1) is 5.69 Å². The zero-order valence-corrected chi connectivity index (χ0v) is 12.4. The maximum atomic E-state index is 12.1. The van der Waals surface area contributed by atoms with Gasteiger partial charge in [-0.3, -0.25) is 0 Å². The fourth-order valence-corrected chi connectivity index (χ4v) is 2.43. The van der Waals surface area contributed by atoms with Crippen LogP contribution in [0.15, 0.2) is 0 Å². The van der Waals surface area contributed by atoms with E-state index < -0.39 is 5.97 Å². The smallest absolute Gasteiger partial charge is 0.343 e. The highest BCUT2D eigenvalue weighted by Crippen LogP contribution is 2.24. The average molecular weight is 296 g/mol. The first-order valence-electron chi connectivity index (χ1n) is 6.23. The van der Waals surface area contributed by atoms with Crippen molar-refractivity contribution in [1.82, 2.24) is 24.6 Å². The quantitative estimate of drug-likeness (QED) is 0.801. The molecule has 9 heteroatoms. The molecule has 0 saturated heterocycles. The Kier molecular flexibility index (Phi) is 4.61. The van der Waals surface area contributed by atoms with E-state index in [2.05, 4.69) is 25.2 Å². The lowest BCUT2D eigenvalue weighted by Crippen LogP contribution is -2.12. The first-order chi connectivity index (χ1) is 9.67. The molecule has 0 bridgehead atoms. The normalized spacial score (nSPS) is 10.6. The van der Waals surface area contributed by atoms with E-state index in [1.807, 2.05) is 6.92 Å². The second-order valence-corrected chi connectivity index (χ2v) is 4.89. The van der Waals surface area contributed by atoms with Crippen molar-refractivity contribution in [3.05, 3.63) is 17.1 Å². The third-order valence-corrected chi connectivity index (χ3v) is 3.62. The minimum atomic E-state index is -0.424. The van der Waals surface area contributed by atoms with Crippen LogP contribution >= 0.6 is 11.5 Å². The van der Waals surface area contributed by atoms with Crippen LogP contribution in [0, 0.1) is 6.92 Å². The summed E-state index contributed by atoms with van der Waals surface area (Å²) in [6.07, 6.45) is 0.906. The van der Waals surface area contributed by atoms with E-state index in [1.54, 1.807) is 18.7 Å². The Morgan fingerprint density at radius 3 is 3.00 bits per heavy atom. The summed E-state index contributed by atoms with van der Waals surface area (Å²) in [7, 11) is 1.74. The number of aryl methyl sites for hydroxylation is 2. The van der Waals surface area contributed by atoms with Crippen LogP contribution in [0.25, 0.3) is 0 Å². The number of tetrazole rings is 1. The molecule has 0 unspecified atom stereocenters. The number of hydrogen-bond acceptors (Lipinski definition) is 8. The highest BCUT2D eigenvalue weighted by molar-refractivity contribution is 7.10. The zero-order chi connectivity index (χ0) is 14.5. The molecule has 0 fully saturated rings. The van der Waals surface area contributed by atoms with Crippen LogP contribution in [0.1, 0.15) is 35.2 Å². The Labute approximate surface area is 120 Å². The Bertz CT molecular complexity index is 594. The molecule has 0 aliphatic rings. The van der Waals surface area contributed by atoms with Gasteiger partial charge in [0.2, 0.25) is 0 Å². The van der Waals surface area contributed by atoms with Crippen molar-refractivity contribution in [2.45, 2.75) is 33.4 Å². The highest BCUT2D eigenvalue weighted by Gasteiger charge is 2.20. The molecule has 2 heterocycles. The van der Waals surface area contributed by atoms with E-state index in [0.29, 0.717) is 28.6 Å². The number of anilines is 1. The Morgan fingerprint density at radius 1 is 1.50 bits per heavy atom. The van der Waals surface area contributed by atoms with E-state index in [-0.39, 0.29) is 6.61 Å². The molecule has 0 amide bonds. The third kappa shape index (κ3) is 2.93. The number of hydrogen-bond donors (Lipinski definition) is 1. The summed E-state index contributed by atoms with van der Waals surface area (Å²) in [6.45, 7) is 4.54. The Hall–Kier alpha value is -2.03. The summed E-state index contributed by atoms with van der Waals surface area (Å²) in [5, 5.41) is 14.9. The van der Waals surface area contributed by atoms with Crippen molar-refractivity contribution < 1.29 is 9.53 Å². The number of ether oxygens (including phenoxy) is 1. The largest absolute Gasteiger partial charge is 0.454 e. The minimum absolute atomic E-state index is 0.0459. The van der Waals surface area contributed by atoms with E-state index in [4.69, 9.17) is 4.74 Å². The molecular formula is C11H16N6O2S. The maximum Gasteiger partial charge on any atom is 0.343 e. The highest BCUT2D eigenvalue weighted by atomic mass is 32.1. The SMILES string of the molecule is CCCn1nnnc1COC(=O)c1c(C)nsc1NC. The third-order valence-electron chi connectivity index (χ3n) is 2.67. The standard InChI is InChI=1S/C11H16N6O2S/c1-4-5-17-8(13-15-16-17)6-19-11(18)9-7(2)14-20-10(9)12-3/h12H,4-6H2,1-3H3. The van der Waals surface area contributed by atoms with Crippen molar-refractivity contribution in [3.8, 4) is 0 Å². The van der Waals surface area contributed by atoms with Gasteiger partial charge < -0.3 is 10.1 Å². The van der Waals surface area contributed by atoms with Gasteiger partial charge in [-0.1, -0.05) is 6.92 Å². The van der Waals surface area contributed by atoms with Gasteiger partial charge >= 0.3 is 5.97 Å². The van der Waals surface area contributed by atoms with Crippen molar-refractivity contribution in [1.29, 1.82) is 0 Å². The number of aromatic nitrogens is 5. The van der Waals surface area contributed by atoms with Crippen LogP contribution in [0.3, 0.4) is 0 Å². The molecule has 0 saturated carbocycles. The lowest BCUT2D eigenvalue weighted by molar-refractivity contribution is 0.0457. The molecule has 2 aromatic rings. The fourth-order valence-electron chi connectivity index (χ4n) is 1.70. The topological polar surface area (TPSA) is 94.8 Å². The molecule has 0 atom stereocenters. The summed E-state index contributed by atoms with van der Waals surface area (Å²) >= 11 is 1.23. The molecule has 2 rings (SSSR count). The second-order valence-electron chi connectivity index (χ2n) is 4.12. The molecule has 1 N–H and O–H groups in total. The van der Waals surface area contributed by atoms with Crippen LogP contribution in [0.5, 0.6) is 0 Å². The number of nitrogens with zero attached hydrogens (tertiary/aromatic N) is 5. The lowest BCUT2D eigenvalue weighted by atomic mass is 10.2. The van der Waals surface area contributed by atoms with Crippen LogP contribution in [0.2, 0.25) is 0 Å². The molecule has 0 aliphatic carbocycles. The van der Waals surface area contributed by atoms with E-state index in [9.17, 15) is 4.79 Å². The van der Waals surface area contributed by atoms with Gasteiger partial charge in [0.25, 0.3) is 0 Å². The minimum Gasteiger partial charge on any atom is -0.454 e. The van der Waals surface area contributed by atoms with Crippen molar-refractivity contribution in [2.75, 3.05) is 12.4 Å². The first-order valence-corrected chi connectivity index (χ1v) is 7.00. The molecular weight excluding hydrogens is 280 g/mol. The monoisotopic (exact) mass is 296 g/mol. The molecule has 108 valence electrons. The van der Waals surface area contributed by atoms with Crippen LogP contribution in [-0.4, -0.2) is 37.6 Å². The summed E-state index contributed by atoms with van der Waals surface area (Å²) < 4.78 is 11.0. The fraction of sp³-hybridized carbons (Fsp3) is 0.545. The summed E-state index contributed by atoms with van der Waals surface area (Å²) in [6, 6.07) is 0. The predicted molar refractivity (Wildman–Crippen MR) is 73.6 cm³/mol. The average Bonchev–Trinajstić information content (AvgIpc) is 3.03. The number of esters is 1. The molecule has 8 nitrogen and oxygen atoms in total. The predicted octanol–water partition coefficient (Wildman–Crippen LogP) is 1.25.